The van der Waals surface area contributed by atoms with Crippen LogP contribution >= 0.6 is 12.4 Å². The monoisotopic (exact) mass is 172 g/mol. The third-order valence-electron chi connectivity index (χ3n) is 2.11. The largest absolute Gasteiger partial charge is 0.349 e. The van der Waals surface area contributed by atoms with Gasteiger partial charge in [-0.1, -0.05) is 0 Å². The van der Waals surface area contributed by atoms with Crippen LogP contribution in [0.3, 0.4) is 0 Å². The SMILES string of the molecule is CC1NCCn2cccc21.Cl. The van der Waals surface area contributed by atoms with Crippen LogP contribution in [0.1, 0.15) is 18.7 Å². The van der Waals surface area contributed by atoms with Crippen molar-refractivity contribution in [2.45, 2.75) is 19.5 Å². The van der Waals surface area contributed by atoms with Gasteiger partial charge in [0.1, 0.15) is 0 Å². The third-order valence-corrected chi connectivity index (χ3v) is 2.11. The molecule has 1 N–H and O–H groups in total. The van der Waals surface area contributed by atoms with Gasteiger partial charge >= 0.3 is 0 Å². The Morgan fingerprint density at radius 1 is 1.64 bits per heavy atom. The molecule has 0 radical (unpaired) electrons. The lowest BCUT2D eigenvalue weighted by molar-refractivity contribution is 0.448. The number of hydrogen-bond donors (Lipinski definition) is 1. The molecule has 0 bridgehead atoms. The Labute approximate surface area is 73.0 Å². The molecule has 2 heterocycles. The summed E-state index contributed by atoms with van der Waals surface area (Å²) in [5, 5.41) is 3.40. The molecule has 0 saturated heterocycles. The molecule has 0 aromatic carbocycles. The van der Waals surface area contributed by atoms with Crippen LogP contribution < -0.4 is 5.32 Å². The van der Waals surface area contributed by atoms with Gasteiger partial charge in [0, 0.05) is 31.0 Å². The van der Waals surface area contributed by atoms with E-state index in [-0.39, 0.29) is 12.4 Å². The van der Waals surface area contributed by atoms with E-state index in [0.29, 0.717) is 6.04 Å². The molecule has 0 amide bonds. The van der Waals surface area contributed by atoms with E-state index in [2.05, 4.69) is 35.1 Å². The zero-order valence-corrected chi connectivity index (χ0v) is 7.40. The quantitative estimate of drug-likeness (QED) is 0.629. The molecule has 1 unspecified atom stereocenters. The van der Waals surface area contributed by atoms with Crippen LogP contribution in [0.5, 0.6) is 0 Å². The van der Waals surface area contributed by atoms with Crippen LogP contribution in [0.25, 0.3) is 0 Å². The summed E-state index contributed by atoms with van der Waals surface area (Å²) in [7, 11) is 0. The lowest BCUT2D eigenvalue weighted by Gasteiger charge is -2.22. The lowest BCUT2D eigenvalue weighted by Crippen LogP contribution is -2.30. The first kappa shape index (κ1) is 8.62. The van der Waals surface area contributed by atoms with Gasteiger partial charge in [0.2, 0.25) is 0 Å². The molecule has 1 aromatic rings. The van der Waals surface area contributed by atoms with E-state index < -0.39 is 0 Å². The summed E-state index contributed by atoms with van der Waals surface area (Å²) in [6, 6.07) is 4.82. The maximum absolute atomic E-state index is 3.40. The highest BCUT2D eigenvalue weighted by Crippen LogP contribution is 2.15. The number of aromatic nitrogens is 1. The number of rotatable bonds is 0. The highest BCUT2D eigenvalue weighted by Gasteiger charge is 2.12. The van der Waals surface area contributed by atoms with E-state index in [1.807, 2.05) is 0 Å². The van der Waals surface area contributed by atoms with E-state index >= 15 is 0 Å². The average molecular weight is 173 g/mol. The molecule has 62 valence electrons. The highest BCUT2D eigenvalue weighted by molar-refractivity contribution is 5.85. The minimum Gasteiger partial charge on any atom is -0.349 e. The van der Waals surface area contributed by atoms with Gasteiger partial charge in [-0.05, 0) is 19.1 Å². The van der Waals surface area contributed by atoms with Crippen LogP contribution in [-0.4, -0.2) is 11.1 Å². The van der Waals surface area contributed by atoms with Gasteiger partial charge in [0.15, 0.2) is 0 Å². The zero-order valence-electron chi connectivity index (χ0n) is 6.58. The average Bonchev–Trinajstić information content (AvgIpc) is 2.36. The van der Waals surface area contributed by atoms with Crippen molar-refractivity contribution in [2.75, 3.05) is 6.54 Å². The van der Waals surface area contributed by atoms with E-state index in [9.17, 15) is 0 Å². The smallest absolute Gasteiger partial charge is 0.0446 e. The standard InChI is InChI=1S/C8H12N2.ClH/c1-7-8-3-2-5-10(8)6-4-9-7;/h2-3,5,7,9H,4,6H2,1H3;1H. The first-order valence-electron chi connectivity index (χ1n) is 3.76. The maximum atomic E-state index is 3.40. The summed E-state index contributed by atoms with van der Waals surface area (Å²) in [5.41, 5.74) is 1.41. The Morgan fingerprint density at radius 3 is 3.18 bits per heavy atom. The maximum Gasteiger partial charge on any atom is 0.0446 e. The van der Waals surface area contributed by atoms with Gasteiger partial charge in [-0.25, -0.2) is 0 Å². The molecule has 2 nitrogen and oxygen atoms in total. The van der Waals surface area contributed by atoms with Crippen molar-refractivity contribution in [3.63, 3.8) is 0 Å². The molecular formula is C8H13ClN2. The second-order valence-corrected chi connectivity index (χ2v) is 2.80. The Morgan fingerprint density at radius 2 is 2.45 bits per heavy atom. The van der Waals surface area contributed by atoms with Crippen molar-refractivity contribution in [3.05, 3.63) is 24.0 Å². The highest BCUT2D eigenvalue weighted by atomic mass is 35.5. The number of fused-ring (bicyclic) bond motifs is 1. The van der Waals surface area contributed by atoms with Crippen molar-refractivity contribution >= 4 is 12.4 Å². The van der Waals surface area contributed by atoms with Crippen LogP contribution in [-0.2, 0) is 6.54 Å². The summed E-state index contributed by atoms with van der Waals surface area (Å²) in [5.74, 6) is 0. The van der Waals surface area contributed by atoms with Crippen molar-refractivity contribution in [1.82, 2.24) is 9.88 Å². The van der Waals surface area contributed by atoms with Gasteiger partial charge in [0.05, 0.1) is 0 Å². The van der Waals surface area contributed by atoms with Crippen LogP contribution in [0.4, 0.5) is 0 Å². The summed E-state index contributed by atoms with van der Waals surface area (Å²) in [4.78, 5) is 0. The van der Waals surface area contributed by atoms with Gasteiger partial charge in [-0.3, -0.25) is 0 Å². The number of halogens is 1. The van der Waals surface area contributed by atoms with Gasteiger partial charge in [-0.15, -0.1) is 12.4 Å². The van der Waals surface area contributed by atoms with E-state index in [0.717, 1.165) is 13.1 Å². The van der Waals surface area contributed by atoms with Gasteiger partial charge < -0.3 is 9.88 Å². The first-order valence-corrected chi connectivity index (χ1v) is 3.76. The molecular weight excluding hydrogens is 160 g/mol. The topological polar surface area (TPSA) is 17.0 Å². The summed E-state index contributed by atoms with van der Waals surface area (Å²) in [6.07, 6.45) is 2.15. The second-order valence-electron chi connectivity index (χ2n) is 2.80. The summed E-state index contributed by atoms with van der Waals surface area (Å²) < 4.78 is 2.31. The number of nitrogens with zero attached hydrogens (tertiary/aromatic N) is 1. The fraction of sp³-hybridized carbons (Fsp3) is 0.500. The summed E-state index contributed by atoms with van der Waals surface area (Å²) in [6.45, 7) is 4.42. The van der Waals surface area contributed by atoms with Crippen molar-refractivity contribution in [3.8, 4) is 0 Å². The Kier molecular flexibility index (Phi) is 2.58. The molecule has 0 fully saturated rings. The molecule has 1 aliphatic rings. The van der Waals surface area contributed by atoms with Crippen LogP contribution in [0, 0.1) is 0 Å². The first-order chi connectivity index (χ1) is 4.88. The number of nitrogens with one attached hydrogen (secondary N) is 1. The van der Waals surface area contributed by atoms with Crippen LogP contribution in [0.15, 0.2) is 18.3 Å². The zero-order chi connectivity index (χ0) is 6.97. The molecule has 0 saturated carbocycles. The van der Waals surface area contributed by atoms with E-state index in [1.54, 1.807) is 0 Å². The Hall–Kier alpha value is -0.470. The minimum atomic E-state index is 0. The molecule has 2 rings (SSSR count). The molecule has 3 heteroatoms. The van der Waals surface area contributed by atoms with E-state index in [1.165, 1.54) is 5.69 Å². The normalized spacial score (nSPS) is 22.1. The predicted molar refractivity (Wildman–Crippen MR) is 48.1 cm³/mol. The third kappa shape index (κ3) is 1.42. The van der Waals surface area contributed by atoms with Crippen molar-refractivity contribution in [2.24, 2.45) is 0 Å². The molecule has 11 heavy (non-hydrogen) atoms. The van der Waals surface area contributed by atoms with Gasteiger partial charge in [-0.2, -0.15) is 0 Å². The minimum absolute atomic E-state index is 0. The fourth-order valence-corrected chi connectivity index (χ4v) is 1.53. The van der Waals surface area contributed by atoms with Crippen LogP contribution in [0.2, 0.25) is 0 Å². The van der Waals surface area contributed by atoms with E-state index in [4.69, 9.17) is 0 Å². The van der Waals surface area contributed by atoms with Gasteiger partial charge in [0.25, 0.3) is 0 Å². The Bertz CT molecular complexity index is 232. The molecule has 0 spiro atoms. The lowest BCUT2D eigenvalue weighted by atomic mass is 10.2. The second kappa shape index (κ2) is 3.28. The molecule has 1 aliphatic heterocycles. The predicted octanol–water partition coefficient (Wildman–Crippen LogP) is 1.57. The number of hydrogen-bond acceptors (Lipinski definition) is 1. The molecule has 1 aromatic heterocycles. The molecule has 1 atom stereocenters. The summed E-state index contributed by atoms with van der Waals surface area (Å²) >= 11 is 0. The molecule has 0 aliphatic carbocycles. The van der Waals surface area contributed by atoms with Crippen molar-refractivity contribution < 1.29 is 0 Å². The Balaban J connectivity index is 0.000000605. The fourth-order valence-electron chi connectivity index (χ4n) is 1.53. The van der Waals surface area contributed by atoms with Crippen molar-refractivity contribution in [1.29, 1.82) is 0 Å².